The largest absolute Gasteiger partial charge is 0.494 e. The molecular formula is C19H18ClN3O2. The van der Waals surface area contributed by atoms with Gasteiger partial charge in [0, 0.05) is 17.1 Å². The second kappa shape index (κ2) is 7.85. The van der Waals surface area contributed by atoms with Gasteiger partial charge in [0.05, 0.1) is 12.3 Å². The molecule has 0 saturated carbocycles. The molecule has 1 amide bonds. The summed E-state index contributed by atoms with van der Waals surface area (Å²) in [6, 6.07) is 16.7. The first-order valence-corrected chi connectivity index (χ1v) is 8.35. The van der Waals surface area contributed by atoms with Gasteiger partial charge in [-0.2, -0.15) is 5.10 Å². The van der Waals surface area contributed by atoms with Crippen molar-refractivity contribution in [2.75, 3.05) is 6.61 Å². The molecular weight excluding hydrogens is 338 g/mol. The lowest BCUT2D eigenvalue weighted by Crippen LogP contribution is -2.23. The molecule has 1 heterocycles. The molecule has 0 saturated heterocycles. The Kier molecular flexibility index (Phi) is 5.36. The number of carbonyl (C=O) groups excluding carboxylic acids is 1. The quantitative estimate of drug-likeness (QED) is 0.700. The van der Waals surface area contributed by atoms with Gasteiger partial charge < -0.3 is 10.1 Å². The number of amides is 1. The van der Waals surface area contributed by atoms with Crippen molar-refractivity contribution in [3.05, 3.63) is 70.9 Å². The molecule has 0 bridgehead atoms. The Balaban J connectivity index is 1.65. The van der Waals surface area contributed by atoms with Crippen molar-refractivity contribution in [2.24, 2.45) is 0 Å². The van der Waals surface area contributed by atoms with Crippen molar-refractivity contribution in [1.29, 1.82) is 0 Å². The summed E-state index contributed by atoms with van der Waals surface area (Å²) in [5, 5.41) is 10.5. The number of rotatable bonds is 6. The number of ether oxygens (including phenoxy) is 1. The van der Waals surface area contributed by atoms with E-state index in [1.807, 2.05) is 49.4 Å². The van der Waals surface area contributed by atoms with Crippen LogP contribution in [0.3, 0.4) is 0 Å². The number of aromatic amines is 1. The maximum absolute atomic E-state index is 12.3. The van der Waals surface area contributed by atoms with Crippen LogP contribution in [-0.2, 0) is 6.54 Å². The van der Waals surface area contributed by atoms with E-state index in [-0.39, 0.29) is 5.91 Å². The molecule has 2 N–H and O–H groups in total. The Morgan fingerprint density at radius 3 is 2.72 bits per heavy atom. The third kappa shape index (κ3) is 4.39. The first kappa shape index (κ1) is 17.0. The van der Waals surface area contributed by atoms with Gasteiger partial charge in [0.1, 0.15) is 11.4 Å². The molecule has 0 unspecified atom stereocenters. The van der Waals surface area contributed by atoms with Gasteiger partial charge in [-0.15, -0.1) is 0 Å². The highest BCUT2D eigenvalue weighted by Crippen LogP contribution is 2.21. The molecule has 6 heteroatoms. The number of nitrogens with one attached hydrogen (secondary N) is 2. The van der Waals surface area contributed by atoms with Crippen LogP contribution in [0.5, 0.6) is 5.75 Å². The lowest BCUT2D eigenvalue weighted by molar-refractivity contribution is 0.0946. The van der Waals surface area contributed by atoms with Gasteiger partial charge >= 0.3 is 0 Å². The summed E-state index contributed by atoms with van der Waals surface area (Å²) < 4.78 is 5.42. The Labute approximate surface area is 151 Å². The number of hydrogen-bond donors (Lipinski definition) is 2. The number of aromatic nitrogens is 2. The predicted molar refractivity (Wildman–Crippen MR) is 97.8 cm³/mol. The van der Waals surface area contributed by atoms with Crippen LogP contribution in [0.15, 0.2) is 54.6 Å². The van der Waals surface area contributed by atoms with Crippen LogP contribution in [0.1, 0.15) is 23.0 Å². The maximum atomic E-state index is 12.3. The number of halogens is 1. The third-order valence-electron chi connectivity index (χ3n) is 3.63. The van der Waals surface area contributed by atoms with E-state index in [9.17, 15) is 4.79 Å². The van der Waals surface area contributed by atoms with E-state index in [1.54, 1.807) is 12.1 Å². The highest BCUT2D eigenvalue weighted by atomic mass is 35.5. The molecule has 0 radical (unpaired) electrons. The van der Waals surface area contributed by atoms with Crippen LogP contribution in [-0.4, -0.2) is 22.7 Å². The van der Waals surface area contributed by atoms with Crippen molar-refractivity contribution in [2.45, 2.75) is 13.5 Å². The van der Waals surface area contributed by atoms with Crippen LogP contribution in [0.25, 0.3) is 11.3 Å². The van der Waals surface area contributed by atoms with Crippen LogP contribution in [0.2, 0.25) is 5.02 Å². The standard InChI is InChI=1S/C19H18ClN3O2/c1-2-25-16-8-6-14(7-9-16)17-11-18(23-22-17)19(24)21-12-13-4-3-5-15(20)10-13/h3-11H,2,12H2,1H3,(H,21,24)(H,22,23). The fourth-order valence-electron chi connectivity index (χ4n) is 2.40. The fraction of sp³-hybridized carbons (Fsp3) is 0.158. The highest BCUT2D eigenvalue weighted by molar-refractivity contribution is 6.30. The van der Waals surface area contributed by atoms with Gasteiger partial charge in [0.15, 0.2) is 0 Å². The summed E-state index contributed by atoms with van der Waals surface area (Å²) in [6.45, 7) is 2.96. The number of benzene rings is 2. The number of carbonyl (C=O) groups is 1. The minimum absolute atomic E-state index is 0.218. The molecule has 0 atom stereocenters. The Bertz CT molecular complexity index is 859. The van der Waals surface area contributed by atoms with Crippen molar-refractivity contribution < 1.29 is 9.53 Å². The molecule has 25 heavy (non-hydrogen) atoms. The lowest BCUT2D eigenvalue weighted by atomic mass is 10.1. The second-order valence-corrected chi connectivity index (χ2v) is 5.87. The van der Waals surface area contributed by atoms with E-state index in [2.05, 4.69) is 15.5 Å². The monoisotopic (exact) mass is 355 g/mol. The van der Waals surface area contributed by atoms with Crippen LogP contribution < -0.4 is 10.1 Å². The molecule has 128 valence electrons. The summed E-state index contributed by atoms with van der Waals surface area (Å²) in [5.41, 5.74) is 2.96. The van der Waals surface area contributed by atoms with Crippen molar-refractivity contribution >= 4 is 17.5 Å². The third-order valence-corrected chi connectivity index (χ3v) is 3.86. The average molecular weight is 356 g/mol. The summed E-state index contributed by atoms with van der Waals surface area (Å²) >= 11 is 5.94. The first-order valence-electron chi connectivity index (χ1n) is 7.97. The number of hydrogen-bond acceptors (Lipinski definition) is 3. The zero-order valence-electron chi connectivity index (χ0n) is 13.8. The van der Waals surface area contributed by atoms with Crippen molar-refractivity contribution in [1.82, 2.24) is 15.5 Å². The maximum Gasteiger partial charge on any atom is 0.269 e. The molecule has 0 aliphatic rings. The molecule has 1 aromatic heterocycles. The van der Waals surface area contributed by atoms with Crippen LogP contribution in [0.4, 0.5) is 0 Å². The van der Waals surface area contributed by atoms with Gasteiger partial charge in [-0.3, -0.25) is 9.89 Å². The topological polar surface area (TPSA) is 67.0 Å². The van der Waals surface area contributed by atoms with E-state index in [1.165, 1.54) is 0 Å². The number of H-pyrrole nitrogens is 1. The van der Waals surface area contributed by atoms with Crippen LogP contribution >= 0.6 is 11.6 Å². The van der Waals surface area contributed by atoms with Crippen molar-refractivity contribution in [3.63, 3.8) is 0 Å². The van der Waals surface area contributed by atoms with Gasteiger partial charge in [0.2, 0.25) is 0 Å². The van der Waals surface area contributed by atoms with Gasteiger partial charge in [0.25, 0.3) is 5.91 Å². The zero-order valence-corrected chi connectivity index (χ0v) is 14.5. The first-order chi connectivity index (χ1) is 12.2. The summed E-state index contributed by atoms with van der Waals surface area (Å²) in [4.78, 5) is 12.3. The Morgan fingerprint density at radius 1 is 1.20 bits per heavy atom. The minimum Gasteiger partial charge on any atom is -0.494 e. The van der Waals surface area contributed by atoms with Gasteiger partial charge in [-0.05, 0) is 55.0 Å². The molecule has 3 rings (SSSR count). The summed E-state index contributed by atoms with van der Waals surface area (Å²) in [7, 11) is 0. The van der Waals surface area contributed by atoms with E-state index in [4.69, 9.17) is 16.3 Å². The summed E-state index contributed by atoms with van der Waals surface area (Å²) in [6.07, 6.45) is 0. The molecule has 2 aromatic carbocycles. The minimum atomic E-state index is -0.218. The van der Waals surface area contributed by atoms with E-state index in [0.29, 0.717) is 29.6 Å². The highest BCUT2D eigenvalue weighted by Gasteiger charge is 2.11. The van der Waals surface area contributed by atoms with E-state index in [0.717, 1.165) is 16.9 Å². The van der Waals surface area contributed by atoms with E-state index < -0.39 is 0 Å². The molecule has 5 nitrogen and oxygen atoms in total. The zero-order chi connectivity index (χ0) is 17.6. The van der Waals surface area contributed by atoms with Gasteiger partial charge in [-0.25, -0.2) is 0 Å². The molecule has 0 aliphatic carbocycles. The molecule has 0 spiro atoms. The Morgan fingerprint density at radius 2 is 2.00 bits per heavy atom. The van der Waals surface area contributed by atoms with Gasteiger partial charge in [-0.1, -0.05) is 23.7 Å². The predicted octanol–water partition coefficient (Wildman–Crippen LogP) is 4.06. The fourth-order valence-corrected chi connectivity index (χ4v) is 2.61. The Hall–Kier alpha value is -2.79. The second-order valence-electron chi connectivity index (χ2n) is 5.44. The van der Waals surface area contributed by atoms with Crippen molar-refractivity contribution in [3.8, 4) is 17.0 Å². The number of nitrogens with zero attached hydrogens (tertiary/aromatic N) is 1. The molecule has 0 aliphatic heterocycles. The SMILES string of the molecule is CCOc1ccc(-c2cc(C(=O)NCc3cccc(Cl)c3)[nH]n2)cc1. The van der Waals surface area contributed by atoms with E-state index >= 15 is 0 Å². The van der Waals surface area contributed by atoms with Crippen LogP contribution in [0, 0.1) is 0 Å². The average Bonchev–Trinajstić information content (AvgIpc) is 3.11. The molecule has 3 aromatic rings. The summed E-state index contributed by atoms with van der Waals surface area (Å²) in [5.74, 6) is 0.589. The smallest absolute Gasteiger partial charge is 0.269 e. The molecule has 0 fully saturated rings. The lowest BCUT2D eigenvalue weighted by Gasteiger charge is -2.04. The normalized spacial score (nSPS) is 10.5.